The minimum absolute atomic E-state index is 0.0766. The molecule has 0 spiro atoms. The molecule has 1 N–H and O–H groups in total. The number of carbonyl (C=O) groups excluding carboxylic acids is 1. The smallest absolute Gasteiger partial charge is 0.222 e. The van der Waals surface area contributed by atoms with E-state index >= 15 is 0 Å². The second-order valence-corrected chi connectivity index (χ2v) is 5.27. The Kier molecular flexibility index (Phi) is 4.23. The number of anilines is 1. The first kappa shape index (κ1) is 14.3. The van der Waals surface area contributed by atoms with E-state index in [-0.39, 0.29) is 11.8 Å². The maximum absolute atomic E-state index is 11.6. The van der Waals surface area contributed by atoms with Crippen LogP contribution in [0.5, 0.6) is 0 Å². The van der Waals surface area contributed by atoms with E-state index in [1.807, 2.05) is 19.9 Å². The molecule has 0 bridgehead atoms. The van der Waals surface area contributed by atoms with Crippen molar-refractivity contribution in [2.24, 2.45) is 5.92 Å². The number of piperidine rings is 1. The van der Waals surface area contributed by atoms with Crippen LogP contribution in [0.2, 0.25) is 0 Å². The lowest BCUT2D eigenvalue weighted by molar-refractivity contribution is -0.125. The van der Waals surface area contributed by atoms with Crippen LogP contribution in [0.4, 0.5) is 5.82 Å². The molecule has 20 heavy (non-hydrogen) atoms. The van der Waals surface area contributed by atoms with E-state index in [1.54, 1.807) is 7.05 Å². The number of aromatic nitrogens is 1. The summed E-state index contributed by atoms with van der Waals surface area (Å²) in [5.74, 6) is 0.951. The summed E-state index contributed by atoms with van der Waals surface area (Å²) < 4.78 is 0. The van der Waals surface area contributed by atoms with Gasteiger partial charge >= 0.3 is 0 Å². The van der Waals surface area contributed by atoms with Crippen molar-refractivity contribution in [3.63, 3.8) is 0 Å². The Hall–Kier alpha value is -2.09. The van der Waals surface area contributed by atoms with Crippen molar-refractivity contribution in [2.45, 2.75) is 26.7 Å². The first-order valence-corrected chi connectivity index (χ1v) is 6.91. The Labute approximate surface area is 119 Å². The molecule has 2 heterocycles. The van der Waals surface area contributed by atoms with Gasteiger partial charge in [0.15, 0.2) is 0 Å². The first-order valence-electron chi connectivity index (χ1n) is 6.91. The molecular formula is C15H20N4O. The fraction of sp³-hybridized carbons (Fsp3) is 0.533. The summed E-state index contributed by atoms with van der Waals surface area (Å²) in [6.45, 7) is 5.41. The van der Waals surface area contributed by atoms with Crippen LogP contribution in [0.3, 0.4) is 0 Å². The van der Waals surface area contributed by atoms with Crippen molar-refractivity contribution in [1.82, 2.24) is 10.3 Å². The summed E-state index contributed by atoms with van der Waals surface area (Å²) >= 11 is 0. The van der Waals surface area contributed by atoms with Crippen LogP contribution in [0.25, 0.3) is 0 Å². The highest BCUT2D eigenvalue weighted by atomic mass is 16.1. The van der Waals surface area contributed by atoms with Crippen molar-refractivity contribution in [3.8, 4) is 6.07 Å². The first-order chi connectivity index (χ1) is 9.56. The number of carbonyl (C=O) groups is 1. The third-order valence-electron chi connectivity index (χ3n) is 3.85. The van der Waals surface area contributed by atoms with Crippen LogP contribution < -0.4 is 10.2 Å². The third-order valence-corrected chi connectivity index (χ3v) is 3.85. The van der Waals surface area contributed by atoms with Crippen molar-refractivity contribution in [3.05, 3.63) is 22.9 Å². The third kappa shape index (κ3) is 2.74. The van der Waals surface area contributed by atoms with Gasteiger partial charge in [-0.15, -0.1) is 0 Å². The number of hydrogen-bond donors (Lipinski definition) is 1. The number of hydrogen-bond acceptors (Lipinski definition) is 4. The lowest BCUT2D eigenvalue weighted by Gasteiger charge is -2.32. The summed E-state index contributed by atoms with van der Waals surface area (Å²) in [6.07, 6.45) is 1.61. The molecule has 1 aromatic rings. The Balaban J connectivity index is 2.19. The second-order valence-electron chi connectivity index (χ2n) is 5.27. The van der Waals surface area contributed by atoms with Crippen LogP contribution in [-0.2, 0) is 4.79 Å². The number of nitrogens with one attached hydrogen (secondary N) is 1. The summed E-state index contributed by atoms with van der Waals surface area (Å²) in [5.41, 5.74) is 2.53. The van der Waals surface area contributed by atoms with Gasteiger partial charge in [0.1, 0.15) is 11.9 Å². The molecule has 1 aromatic heterocycles. The Morgan fingerprint density at radius 3 is 2.65 bits per heavy atom. The number of rotatable bonds is 2. The molecule has 2 rings (SSSR count). The standard InChI is InChI=1S/C15H20N4O/c1-10-8-11(2)18-14(13(10)9-16)19-6-4-12(5-7-19)15(20)17-3/h8,12H,4-7H2,1-3H3,(H,17,20). The molecule has 0 saturated carbocycles. The van der Waals surface area contributed by atoms with E-state index in [1.165, 1.54) is 0 Å². The second kappa shape index (κ2) is 5.91. The topological polar surface area (TPSA) is 69.0 Å². The Morgan fingerprint density at radius 1 is 1.45 bits per heavy atom. The predicted octanol–water partition coefficient (Wildman–Crippen LogP) is 1.53. The van der Waals surface area contributed by atoms with Crippen molar-refractivity contribution < 1.29 is 4.79 Å². The Morgan fingerprint density at radius 2 is 2.10 bits per heavy atom. The van der Waals surface area contributed by atoms with Gasteiger partial charge in [-0.2, -0.15) is 5.26 Å². The average molecular weight is 272 g/mol. The van der Waals surface area contributed by atoms with Gasteiger partial charge in [0, 0.05) is 31.7 Å². The van der Waals surface area contributed by atoms with Crippen LogP contribution in [0.15, 0.2) is 6.07 Å². The van der Waals surface area contributed by atoms with E-state index in [0.717, 1.165) is 43.0 Å². The monoisotopic (exact) mass is 272 g/mol. The summed E-state index contributed by atoms with van der Waals surface area (Å²) in [7, 11) is 1.67. The maximum atomic E-state index is 11.6. The van der Waals surface area contributed by atoms with Gasteiger partial charge in [0.2, 0.25) is 5.91 Å². The SMILES string of the molecule is CNC(=O)C1CCN(c2nc(C)cc(C)c2C#N)CC1. The van der Waals surface area contributed by atoms with Crippen LogP contribution in [0.1, 0.15) is 29.7 Å². The lowest BCUT2D eigenvalue weighted by atomic mass is 9.95. The van der Waals surface area contributed by atoms with E-state index in [9.17, 15) is 10.1 Å². The highest BCUT2D eigenvalue weighted by molar-refractivity contribution is 5.78. The fourth-order valence-corrected chi connectivity index (χ4v) is 2.74. The van der Waals surface area contributed by atoms with Crippen molar-refractivity contribution in [1.29, 1.82) is 5.26 Å². The highest BCUT2D eigenvalue weighted by Gasteiger charge is 2.26. The molecule has 0 radical (unpaired) electrons. The molecule has 0 unspecified atom stereocenters. The minimum Gasteiger partial charge on any atom is -0.359 e. The number of aryl methyl sites for hydroxylation is 2. The van der Waals surface area contributed by atoms with Gasteiger partial charge < -0.3 is 10.2 Å². The molecule has 0 aliphatic carbocycles. The summed E-state index contributed by atoms with van der Waals surface area (Å²) in [4.78, 5) is 18.3. The van der Waals surface area contributed by atoms with E-state index in [0.29, 0.717) is 5.56 Å². The zero-order chi connectivity index (χ0) is 14.7. The van der Waals surface area contributed by atoms with Gasteiger partial charge in [0.25, 0.3) is 0 Å². The zero-order valence-corrected chi connectivity index (χ0v) is 12.2. The molecule has 1 saturated heterocycles. The van der Waals surface area contributed by atoms with Gasteiger partial charge in [0.05, 0.1) is 5.56 Å². The van der Waals surface area contributed by atoms with Crippen molar-refractivity contribution >= 4 is 11.7 Å². The lowest BCUT2D eigenvalue weighted by Crippen LogP contribution is -2.40. The number of nitriles is 1. The molecule has 1 amide bonds. The average Bonchev–Trinajstić information content (AvgIpc) is 2.46. The van der Waals surface area contributed by atoms with Gasteiger partial charge in [-0.1, -0.05) is 0 Å². The molecule has 0 atom stereocenters. The molecule has 1 aliphatic rings. The van der Waals surface area contributed by atoms with E-state index in [4.69, 9.17) is 0 Å². The molecule has 106 valence electrons. The van der Waals surface area contributed by atoms with Gasteiger partial charge in [-0.05, 0) is 38.3 Å². The number of pyridine rings is 1. The van der Waals surface area contributed by atoms with Crippen molar-refractivity contribution in [2.75, 3.05) is 25.0 Å². The quantitative estimate of drug-likeness (QED) is 0.886. The van der Waals surface area contributed by atoms with Gasteiger partial charge in [-0.3, -0.25) is 4.79 Å². The molecule has 1 fully saturated rings. The van der Waals surface area contributed by atoms with Crippen LogP contribution >= 0.6 is 0 Å². The largest absolute Gasteiger partial charge is 0.359 e. The fourth-order valence-electron chi connectivity index (χ4n) is 2.74. The Bertz CT molecular complexity index is 554. The highest BCUT2D eigenvalue weighted by Crippen LogP contribution is 2.26. The molecule has 5 nitrogen and oxygen atoms in total. The number of nitrogens with zero attached hydrogens (tertiary/aromatic N) is 3. The maximum Gasteiger partial charge on any atom is 0.222 e. The zero-order valence-electron chi connectivity index (χ0n) is 12.2. The minimum atomic E-state index is 0.0766. The molecule has 0 aromatic carbocycles. The summed E-state index contributed by atoms with van der Waals surface area (Å²) in [5, 5.41) is 12.0. The predicted molar refractivity (Wildman–Crippen MR) is 77.4 cm³/mol. The van der Waals surface area contributed by atoms with Gasteiger partial charge in [-0.25, -0.2) is 4.98 Å². The normalized spacial score (nSPS) is 15.8. The van der Waals surface area contributed by atoms with Crippen LogP contribution in [-0.4, -0.2) is 31.0 Å². The number of amides is 1. The molecular weight excluding hydrogens is 252 g/mol. The van der Waals surface area contributed by atoms with E-state index in [2.05, 4.69) is 21.3 Å². The van der Waals surface area contributed by atoms with E-state index < -0.39 is 0 Å². The summed E-state index contributed by atoms with van der Waals surface area (Å²) in [6, 6.07) is 4.18. The molecule has 5 heteroatoms. The molecule has 1 aliphatic heterocycles. The van der Waals surface area contributed by atoms with Crippen LogP contribution in [0, 0.1) is 31.1 Å².